The molecule has 0 saturated heterocycles. The molecular weight excluding hydrogens is 359 g/mol. The molecule has 8 heteroatoms. The second-order valence-corrected chi connectivity index (χ2v) is 6.46. The smallest absolute Gasteiger partial charge is 0.416 e. The van der Waals surface area contributed by atoms with E-state index in [0.717, 1.165) is 17.7 Å². The molecule has 4 rings (SSSR count). The summed E-state index contributed by atoms with van der Waals surface area (Å²) in [5.74, 6) is 0.678. The molecular formula is C19H16F3N3O2. The maximum absolute atomic E-state index is 13.1. The third kappa shape index (κ3) is 2.72. The van der Waals surface area contributed by atoms with E-state index in [2.05, 4.69) is 4.99 Å². The van der Waals surface area contributed by atoms with Gasteiger partial charge in [-0.05, 0) is 43.3 Å². The molecule has 0 spiro atoms. The molecule has 0 N–H and O–H groups in total. The van der Waals surface area contributed by atoms with E-state index in [-0.39, 0.29) is 11.6 Å². The van der Waals surface area contributed by atoms with Crippen molar-refractivity contribution in [3.8, 4) is 5.75 Å². The number of ether oxygens (including phenoxy) is 1. The lowest BCUT2D eigenvalue weighted by atomic mass is 10.0. The summed E-state index contributed by atoms with van der Waals surface area (Å²) in [6.45, 7) is 2.18. The molecule has 1 unspecified atom stereocenters. The Morgan fingerprint density at radius 2 is 1.89 bits per heavy atom. The van der Waals surface area contributed by atoms with Gasteiger partial charge in [0.05, 0.1) is 30.3 Å². The van der Waals surface area contributed by atoms with E-state index < -0.39 is 11.7 Å². The fourth-order valence-corrected chi connectivity index (χ4v) is 3.38. The van der Waals surface area contributed by atoms with E-state index in [1.165, 1.54) is 10.7 Å². The predicted octanol–water partition coefficient (Wildman–Crippen LogP) is 3.71. The van der Waals surface area contributed by atoms with E-state index in [1.54, 1.807) is 19.2 Å². The number of benzene rings is 2. The first kappa shape index (κ1) is 17.4. The maximum Gasteiger partial charge on any atom is 0.416 e. The number of hydrogen-bond donors (Lipinski definition) is 0. The van der Waals surface area contributed by atoms with Crippen LogP contribution in [0.3, 0.4) is 0 Å². The average Bonchev–Trinajstić information content (AvgIpc) is 2.95. The van der Waals surface area contributed by atoms with E-state index >= 15 is 0 Å². The molecule has 2 aromatic carbocycles. The molecule has 0 amide bonds. The first-order valence-corrected chi connectivity index (χ1v) is 8.35. The van der Waals surface area contributed by atoms with E-state index in [9.17, 15) is 18.4 Å². The zero-order valence-corrected chi connectivity index (χ0v) is 14.6. The van der Waals surface area contributed by atoms with Gasteiger partial charge in [0.15, 0.2) is 0 Å². The second kappa shape index (κ2) is 6.00. The van der Waals surface area contributed by atoms with Crippen molar-refractivity contribution in [3.63, 3.8) is 0 Å². The molecule has 27 heavy (non-hydrogen) atoms. The Hall–Kier alpha value is -3.03. The van der Waals surface area contributed by atoms with Crippen LogP contribution in [0.5, 0.6) is 5.75 Å². The lowest BCUT2D eigenvalue weighted by Crippen LogP contribution is -2.43. The quantitative estimate of drug-likeness (QED) is 0.506. The van der Waals surface area contributed by atoms with Crippen LogP contribution in [-0.2, 0) is 6.18 Å². The number of aromatic nitrogens is 2. The van der Waals surface area contributed by atoms with Crippen LogP contribution in [0.15, 0.2) is 47.5 Å². The van der Waals surface area contributed by atoms with Crippen LogP contribution < -0.4 is 9.58 Å². The molecule has 1 aliphatic rings. The molecule has 0 saturated carbocycles. The number of alkyl halides is 3. The normalized spacial score (nSPS) is 16.9. The lowest BCUT2D eigenvalue weighted by Gasteiger charge is -2.20. The molecule has 1 atom stereocenters. The minimum atomic E-state index is -4.51. The molecule has 0 radical (unpaired) electrons. The summed E-state index contributed by atoms with van der Waals surface area (Å²) in [5.41, 5.74) is 1.00. The van der Waals surface area contributed by atoms with Gasteiger partial charge in [-0.25, -0.2) is 0 Å². The molecule has 0 bridgehead atoms. The van der Waals surface area contributed by atoms with Gasteiger partial charge in [-0.15, -0.1) is 4.68 Å². The molecule has 5 nitrogen and oxygen atoms in total. The first-order valence-electron chi connectivity index (χ1n) is 8.35. The Morgan fingerprint density at radius 3 is 2.52 bits per heavy atom. The Labute approximate surface area is 152 Å². The van der Waals surface area contributed by atoms with Gasteiger partial charge in [-0.3, -0.25) is 4.99 Å². The van der Waals surface area contributed by atoms with Crippen molar-refractivity contribution in [2.45, 2.75) is 19.1 Å². The average molecular weight is 375 g/mol. The van der Waals surface area contributed by atoms with Crippen molar-refractivity contribution >= 4 is 16.6 Å². The highest BCUT2D eigenvalue weighted by molar-refractivity contribution is 6.18. The van der Waals surface area contributed by atoms with Gasteiger partial charge in [0, 0.05) is 11.6 Å². The van der Waals surface area contributed by atoms with Crippen molar-refractivity contribution in [1.82, 2.24) is 4.68 Å². The molecule has 1 aromatic heterocycles. The van der Waals surface area contributed by atoms with Gasteiger partial charge in [-0.2, -0.15) is 13.2 Å². The number of halogens is 3. The summed E-state index contributed by atoms with van der Waals surface area (Å²) in [6.07, 6.45) is -4.51. The van der Waals surface area contributed by atoms with Crippen LogP contribution in [0.4, 0.5) is 13.2 Å². The Balaban J connectivity index is 1.94. The van der Waals surface area contributed by atoms with Crippen molar-refractivity contribution in [2.75, 3.05) is 13.7 Å². The minimum Gasteiger partial charge on any atom is -0.595 e. The van der Waals surface area contributed by atoms with Crippen molar-refractivity contribution in [3.05, 3.63) is 64.5 Å². The third-order valence-electron chi connectivity index (χ3n) is 4.73. The number of fused-ring (bicyclic) bond motifs is 3. The monoisotopic (exact) mass is 375 g/mol. The van der Waals surface area contributed by atoms with Gasteiger partial charge in [-0.1, -0.05) is 4.85 Å². The molecule has 3 aromatic rings. The zero-order valence-electron chi connectivity index (χ0n) is 14.6. The van der Waals surface area contributed by atoms with Gasteiger partial charge in [0.25, 0.3) is 5.52 Å². The molecule has 1 aliphatic heterocycles. The highest BCUT2D eigenvalue weighted by atomic mass is 19.4. The van der Waals surface area contributed by atoms with Crippen molar-refractivity contribution in [1.29, 1.82) is 0 Å². The first-order chi connectivity index (χ1) is 12.8. The molecule has 140 valence electrons. The predicted molar refractivity (Wildman–Crippen MR) is 94.1 cm³/mol. The summed E-state index contributed by atoms with van der Waals surface area (Å²) in [6, 6.07) is 10.2. The second-order valence-electron chi connectivity index (χ2n) is 6.46. The highest BCUT2D eigenvalue weighted by Gasteiger charge is 2.36. The zero-order chi connectivity index (χ0) is 19.3. The van der Waals surface area contributed by atoms with Gasteiger partial charge in [0.1, 0.15) is 17.5 Å². The van der Waals surface area contributed by atoms with Crippen LogP contribution in [-0.4, -0.2) is 24.0 Å². The minimum absolute atomic E-state index is 0.0187. The van der Waals surface area contributed by atoms with Gasteiger partial charge < -0.3 is 9.94 Å². The van der Waals surface area contributed by atoms with Crippen LogP contribution >= 0.6 is 0 Å². The van der Waals surface area contributed by atoms with E-state index in [0.29, 0.717) is 33.9 Å². The number of rotatable bonds is 2. The number of nitrogens with zero attached hydrogens (tertiary/aromatic N) is 3. The topological polar surface area (TPSA) is 53.5 Å². The van der Waals surface area contributed by atoms with Crippen molar-refractivity contribution in [2.24, 2.45) is 4.99 Å². The van der Waals surface area contributed by atoms with Crippen LogP contribution in [0, 0.1) is 5.21 Å². The largest absolute Gasteiger partial charge is 0.595 e. The number of aliphatic imine (C=N–C) groups is 1. The van der Waals surface area contributed by atoms with E-state index in [4.69, 9.17) is 4.74 Å². The standard InChI is InChI=1S/C19H16F3N3O2/c1-11-10-23-17(12-3-6-14(27-2)7-4-12)18-15-8-5-13(19(20,21)22)9-16(15)25(26)24(11)18/h3-9,11H,10H2,1-2H3. The van der Waals surface area contributed by atoms with Crippen LogP contribution in [0.25, 0.3) is 10.9 Å². The summed E-state index contributed by atoms with van der Waals surface area (Å²) in [5, 5.41) is 13.2. The Kier molecular flexibility index (Phi) is 3.87. The number of methoxy groups -OCH3 is 1. The highest BCUT2D eigenvalue weighted by Crippen LogP contribution is 2.33. The fraction of sp³-hybridized carbons (Fsp3) is 0.263. The van der Waals surface area contributed by atoms with Crippen LogP contribution in [0.1, 0.15) is 29.8 Å². The SMILES string of the molecule is COc1ccc(C2=NCC(C)n3c2c2ccc(C(F)(F)F)cc2[n+]3[O-])cc1. The molecule has 0 fully saturated rings. The summed E-state index contributed by atoms with van der Waals surface area (Å²) in [4.78, 5) is 5.14. The Morgan fingerprint density at radius 1 is 1.19 bits per heavy atom. The fourth-order valence-electron chi connectivity index (χ4n) is 3.38. The molecule has 2 heterocycles. The number of hydrogen-bond acceptors (Lipinski definition) is 3. The van der Waals surface area contributed by atoms with Gasteiger partial charge in [0.2, 0.25) is 0 Å². The Bertz CT molecular complexity index is 1050. The summed E-state index contributed by atoms with van der Waals surface area (Å²) < 4.78 is 45.8. The van der Waals surface area contributed by atoms with Crippen LogP contribution in [0.2, 0.25) is 0 Å². The third-order valence-corrected chi connectivity index (χ3v) is 4.73. The van der Waals surface area contributed by atoms with E-state index in [1.807, 2.05) is 19.1 Å². The summed E-state index contributed by atoms with van der Waals surface area (Å²) in [7, 11) is 1.56. The summed E-state index contributed by atoms with van der Waals surface area (Å²) >= 11 is 0. The van der Waals surface area contributed by atoms with Crippen molar-refractivity contribution < 1.29 is 22.8 Å². The van der Waals surface area contributed by atoms with Gasteiger partial charge >= 0.3 is 6.18 Å². The lowest BCUT2D eigenvalue weighted by molar-refractivity contribution is -0.673. The molecule has 0 aliphatic carbocycles. The maximum atomic E-state index is 13.1.